The lowest BCUT2D eigenvalue weighted by Crippen LogP contribution is -2.83. The van der Waals surface area contributed by atoms with Crippen molar-refractivity contribution in [2.24, 2.45) is 0 Å². The molecule has 1 aromatic heterocycles. The summed E-state index contributed by atoms with van der Waals surface area (Å²) in [5, 5.41) is 45.1. The normalized spacial score (nSPS) is 35.9. The average molecular weight is 578 g/mol. The number of nitrogens with one attached hydrogen (secondary N) is 1. The summed E-state index contributed by atoms with van der Waals surface area (Å²) in [6.45, 7) is 4.59. The van der Waals surface area contributed by atoms with Crippen molar-refractivity contribution in [1.29, 1.82) is 0 Å². The number of quaternary nitrogens is 1. The highest BCUT2D eigenvalue weighted by Crippen LogP contribution is 2.50. The number of halogens is 2. The second-order valence-corrected chi connectivity index (χ2v) is 11.3. The van der Waals surface area contributed by atoms with Crippen LogP contribution < -0.4 is 15.6 Å². The molecule has 1 aliphatic carbocycles. The van der Waals surface area contributed by atoms with Crippen LogP contribution in [0.15, 0.2) is 22.8 Å². The van der Waals surface area contributed by atoms with Gasteiger partial charge in [-0.1, -0.05) is 18.0 Å². The number of aromatic nitrogens is 1. The number of hydrogen-bond acceptors (Lipinski definition) is 7. The zero-order valence-electron chi connectivity index (χ0n) is 20.4. The second kappa shape index (κ2) is 9.81. The van der Waals surface area contributed by atoms with E-state index < -0.39 is 34.7 Å². The third kappa shape index (κ3) is 4.82. The van der Waals surface area contributed by atoms with Crippen LogP contribution >= 0.6 is 27.5 Å². The van der Waals surface area contributed by atoms with E-state index in [4.69, 9.17) is 21.1 Å². The SMILES string of the molecule is CC1(O)C(C)(O)[C@](C)(O)C(C(=O)[O-])O[C@@]1(C)Oc1c[nH]c2ccc(Br)c(Cl)c12.[NH3+]C1CCCCC1. The lowest BCUT2D eigenvalue weighted by Gasteiger charge is -2.61. The van der Waals surface area contributed by atoms with Gasteiger partial charge in [0.25, 0.3) is 0 Å². The van der Waals surface area contributed by atoms with Gasteiger partial charge >= 0.3 is 0 Å². The maximum absolute atomic E-state index is 11.6. The number of aromatic amines is 1. The van der Waals surface area contributed by atoms with E-state index in [0.29, 0.717) is 20.4 Å². The molecule has 1 saturated carbocycles. The first-order valence-electron chi connectivity index (χ1n) is 11.6. The number of carbonyl (C=O) groups excluding carboxylic acids is 1. The Bertz CT molecular complexity index is 1080. The minimum Gasteiger partial charge on any atom is -0.547 e. The molecule has 3 unspecified atom stereocenters. The van der Waals surface area contributed by atoms with E-state index in [9.17, 15) is 25.2 Å². The minimum atomic E-state index is -2.38. The summed E-state index contributed by atoms with van der Waals surface area (Å²) >= 11 is 9.66. The number of H-pyrrole nitrogens is 1. The van der Waals surface area contributed by atoms with Crippen molar-refractivity contribution in [2.45, 2.75) is 94.5 Å². The molecular formula is C24H34BrClN2O7. The number of rotatable bonds is 3. The van der Waals surface area contributed by atoms with Crippen LogP contribution in [0.3, 0.4) is 0 Å². The highest BCUT2D eigenvalue weighted by molar-refractivity contribution is 9.10. The fourth-order valence-electron chi connectivity index (χ4n) is 4.65. The van der Waals surface area contributed by atoms with E-state index in [1.54, 1.807) is 12.1 Å². The van der Waals surface area contributed by atoms with Crippen molar-refractivity contribution in [3.8, 4) is 5.75 Å². The number of carboxylic acid groups (broad SMARTS) is 1. The van der Waals surface area contributed by atoms with Crippen molar-refractivity contribution in [2.75, 3.05) is 0 Å². The van der Waals surface area contributed by atoms with Crippen LogP contribution in [0.5, 0.6) is 5.75 Å². The fraction of sp³-hybridized carbons (Fsp3) is 0.625. The molecule has 2 fully saturated rings. The Kier molecular flexibility index (Phi) is 7.90. The Morgan fingerprint density at radius 3 is 2.29 bits per heavy atom. The lowest BCUT2D eigenvalue weighted by molar-refractivity contribution is -0.425. The molecule has 2 aromatic rings. The number of hydrogen-bond donors (Lipinski definition) is 5. The highest BCUT2D eigenvalue weighted by Gasteiger charge is 2.72. The van der Waals surface area contributed by atoms with Crippen molar-refractivity contribution in [3.05, 3.63) is 27.8 Å². The molecule has 11 heteroatoms. The molecule has 35 heavy (non-hydrogen) atoms. The van der Waals surface area contributed by atoms with Crippen LogP contribution in [0.2, 0.25) is 5.02 Å². The zero-order chi connectivity index (χ0) is 26.4. The molecule has 196 valence electrons. The molecule has 1 aromatic carbocycles. The summed E-state index contributed by atoms with van der Waals surface area (Å²) in [7, 11) is 0. The molecule has 0 bridgehead atoms. The van der Waals surface area contributed by atoms with Gasteiger partial charge in [-0.2, -0.15) is 0 Å². The molecule has 0 spiro atoms. The number of benzene rings is 1. The van der Waals surface area contributed by atoms with E-state index in [1.807, 2.05) is 0 Å². The Morgan fingerprint density at radius 2 is 1.77 bits per heavy atom. The molecule has 0 radical (unpaired) electrons. The molecule has 5 atom stereocenters. The summed E-state index contributed by atoms with van der Waals surface area (Å²) in [6.07, 6.45) is 6.53. The van der Waals surface area contributed by atoms with Gasteiger partial charge in [0.1, 0.15) is 23.1 Å². The first-order valence-corrected chi connectivity index (χ1v) is 12.8. The summed E-state index contributed by atoms with van der Waals surface area (Å²) in [6, 6.07) is 4.26. The smallest absolute Gasteiger partial charge is 0.240 e. The number of aliphatic hydroxyl groups is 3. The van der Waals surface area contributed by atoms with Gasteiger partial charge in [0.05, 0.1) is 27.9 Å². The van der Waals surface area contributed by atoms with Crippen LogP contribution in [0, 0.1) is 0 Å². The van der Waals surface area contributed by atoms with Crippen molar-refractivity contribution in [1.82, 2.24) is 4.98 Å². The maximum atomic E-state index is 11.6. The van der Waals surface area contributed by atoms with E-state index in [0.717, 1.165) is 19.9 Å². The largest absolute Gasteiger partial charge is 0.547 e. The molecule has 0 amide bonds. The standard InChI is InChI=1S/C18H21BrClNO7.C6H13N/c1-15(24)13(14(22)23)28-18(4,17(3,26)16(15,2)25)27-10-7-21-9-6-5-8(19)12(20)11(9)10;7-6-4-2-1-3-5-6/h5-7,13,21,24-26H,1-4H3,(H,22,23);6H,1-5,7H2/t13?,15-,16?,17?,18-;/m1./s1. The molecule has 1 saturated heterocycles. The van der Waals surface area contributed by atoms with E-state index >= 15 is 0 Å². The van der Waals surface area contributed by atoms with Crippen molar-refractivity contribution < 1.29 is 40.4 Å². The van der Waals surface area contributed by atoms with Gasteiger partial charge in [0, 0.05) is 17.6 Å². The Hall–Kier alpha value is -1.40. The van der Waals surface area contributed by atoms with Gasteiger partial charge in [-0.3, -0.25) is 0 Å². The van der Waals surface area contributed by atoms with E-state index in [-0.39, 0.29) is 5.75 Å². The first-order chi connectivity index (χ1) is 16.1. The van der Waals surface area contributed by atoms with Crippen molar-refractivity contribution in [3.63, 3.8) is 0 Å². The van der Waals surface area contributed by atoms with E-state index in [2.05, 4.69) is 26.6 Å². The fourth-order valence-corrected chi connectivity index (χ4v) is 5.24. The number of ether oxygens (including phenoxy) is 2. The Balaban J connectivity index is 0.000000420. The molecule has 1 aliphatic heterocycles. The highest BCUT2D eigenvalue weighted by atomic mass is 79.9. The predicted octanol–water partition coefficient (Wildman–Crippen LogP) is 1.64. The first kappa shape index (κ1) is 28.2. The van der Waals surface area contributed by atoms with Gasteiger partial charge in [-0.05, 0) is 74.5 Å². The van der Waals surface area contributed by atoms with Crippen LogP contribution in [-0.4, -0.2) is 61.0 Å². The monoisotopic (exact) mass is 576 g/mol. The topological polar surface area (TPSA) is 163 Å². The third-order valence-electron chi connectivity index (χ3n) is 7.61. The van der Waals surface area contributed by atoms with Crippen LogP contribution in [-0.2, 0) is 9.53 Å². The molecule has 2 heterocycles. The summed E-state index contributed by atoms with van der Waals surface area (Å²) in [5.74, 6) is -3.71. The summed E-state index contributed by atoms with van der Waals surface area (Å²) in [4.78, 5) is 14.5. The molecule has 2 aliphatic rings. The number of carbonyl (C=O) groups is 1. The molecule has 9 nitrogen and oxygen atoms in total. The second-order valence-electron chi connectivity index (χ2n) is 10.1. The van der Waals surface area contributed by atoms with Gasteiger partial charge in [-0.25, -0.2) is 0 Å². The Morgan fingerprint density at radius 1 is 1.17 bits per heavy atom. The van der Waals surface area contributed by atoms with Crippen LogP contribution in [0.1, 0.15) is 59.8 Å². The minimum absolute atomic E-state index is 0.151. The lowest BCUT2D eigenvalue weighted by atomic mass is 9.65. The number of fused-ring (bicyclic) bond motifs is 1. The van der Waals surface area contributed by atoms with Gasteiger partial charge in [0.15, 0.2) is 5.60 Å². The quantitative estimate of drug-likeness (QED) is 0.370. The van der Waals surface area contributed by atoms with Crippen molar-refractivity contribution >= 4 is 44.4 Å². The molecule has 4 rings (SSSR count). The summed E-state index contributed by atoms with van der Waals surface area (Å²) < 4.78 is 12.0. The maximum Gasteiger partial charge on any atom is 0.240 e. The number of aliphatic carboxylic acids is 1. The van der Waals surface area contributed by atoms with Gasteiger partial charge < -0.3 is 45.4 Å². The van der Waals surface area contributed by atoms with Gasteiger partial charge in [0.2, 0.25) is 5.79 Å². The van der Waals surface area contributed by atoms with Crippen LogP contribution in [0.25, 0.3) is 10.9 Å². The predicted molar refractivity (Wildman–Crippen MR) is 132 cm³/mol. The third-order valence-corrected chi connectivity index (χ3v) is 8.90. The van der Waals surface area contributed by atoms with E-state index in [1.165, 1.54) is 52.1 Å². The summed E-state index contributed by atoms with van der Waals surface area (Å²) in [5.41, 5.74) is -2.36. The van der Waals surface area contributed by atoms with Gasteiger partial charge in [-0.15, -0.1) is 0 Å². The average Bonchev–Trinajstić information content (AvgIpc) is 3.17. The zero-order valence-corrected chi connectivity index (χ0v) is 22.7. The Labute approximate surface area is 217 Å². The van der Waals surface area contributed by atoms with Crippen LogP contribution in [0.4, 0.5) is 0 Å². The molecular weight excluding hydrogens is 544 g/mol. The number of carboxylic acids is 1. The molecule has 7 N–H and O–H groups in total.